The minimum absolute atomic E-state index is 0.0370. The number of benzene rings is 3. The average Bonchev–Trinajstić information content (AvgIpc) is 2.79. The Bertz CT molecular complexity index is 1360. The lowest BCUT2D eigenvalue weighted by atomic mass is 10.0. The summed E-state index contributed by atoms with van der Waals surface area (Å²) in [4.78, 5) is 9.34. The van der Waals surface area contributed by atoms with Gasteiger partial charge in [0.15, 0.2) is 0 Å². The number of methoxy groups -OCH3 is 1. The number of hydrogen-bond donors (Lipinski definition) is 1. The lowest BCUT2D eigenvalue weighted by Crippen LogP contribution is -2.27. The van der Waals surface area contributed by atoms with Gasteiger partial charge in [-0.15, -0.1) is 0 Å². The van der Waals surface area contributed by atoms with Crippen molar-refractivity contribution in [3.8, 4) is 22.5 Å². The molecule has 4 aromatic rings. The smallest absolute Gasteiger partial charge is 0.240 e. The van der Waals surface area contributed by atoms with E-state index in [1.54, 1.807) is 30.3 Å². The number of fused-ring (bicyclic) bond motifs is 1. The SMILES string of the molecule is COCCNS(=O)(=O)c1ccc2nc(-c3ccc(F)cc3)c(-c3ccc(F)cc3)nc2c1. The number of rotatable bonds is 7. The molecule has 0 aliphatic rings. The van der Waals surface area contributed by atoms with Gasteiger partial charge in [0.05, 0.1) is 33.9 Å². The van der Waals surface area contributed by atoms with Crippen LogP contribution in [0.5, 0.6) is 0 Å². The van der Waals surface area contributed by atoms with Gasteiger partial charge in [-0.3, -0.25) is 0 Å². The second kappa shape index (κ2) is 9.07. The predicted octanol–water partition coefficient (Wildman–Crippen LogP) is 4.17. The molecule has 3 aromatic carbocycles. The third-order valence-corrected chi connectivity index (χ3v) is 6.24. The van der Waals surface area contributed by atoms with Crippen molar-refractivity contribution in [2.75, 3.05) is 20.3 Å². The molecule has 0 atom stereocenters. The second-order valence-electron chi connectivity index (χ2n) is 6.98. The standard InChI is InChI=1S/C23H19F2N3O3S/c1-31-13-12-26-32(29,30)19-10-11-20-21(14-19)28-23(16-4-8-18(25)9-5-16)22(27-20)15-2-6-17(24)7-3-15/h2-11,14,26H,12-13H2,1H3. The van der Waals surface area contributed by atoms with Crippen molar-refractivity contribution < 1.29 is 21.9 Å². The first-order chi connectivity index (χ1) is 15.4. The van der Waals surface area contributed by atoms with Gasteiger partial charge in [-0.2, -0.15) is 0 Å². The average molecular weight is 455 g/mol. The molecular weight excluding hydrogens is 436 g/mol. The van der Waals surface area contributed by atoms with Crippen molar-refractivity contribution in [2.45, 2.75) is 4.90 Å². The molecule has 6 nitrogen and oxygen atoms in total. The molecule has 0 radical (unpaired) electrons. The van der Waals surface area contributed by atoms with Crippen LogP contribution in [0.4, 0.5) is 8.78 Å². The summed E-state index contributed by atoms with van der Waals surface area (Å²) in [5.41, 5.74) is 2.92. The van der Waals surface area contributed by atoms with Crippen LogP contribution in [0.2, 0.25) is 0 Å². The Labute approximate surface area is 184 Å². The van der Waals surface area contributed by atoms with Crippen molar-refractivity contribution in [1.29, 1.82) is 0 Å². The van der Waals surface area contributed by atoms with Crippen LogP contribution < -0.4 is 4.72 Å². The van der Waals surface area contributed by atoms with Crippen molar-refractivity contribution >= 4 is 21.1 Å². The van der Waals surface area contributed by atoms with E-state index in [2.05, 4.69) is 14.7 Å². The van der Waals surface area contributed by atoms with Crippen LogP contribution in [0.3, 0.4) is 0 Å². The highest BCUT2D eigenvalue weighted by Gasteiger charge is 2.18. The first-order valence-electron chi connectivity index (χ1n) is 9.70. The maximum absolute atomic E-state index is 13.5. The van der Waals surface area contributed by atoms with Crippen molar-refractivity contribution in [3.05, 3.63) is 78.4 Å². The highest BCUT2D eigenvalue weighted by atomic mass is 32.2. The fourth-order valence-corrected chi connectivity index (χ4v) is 4.21. The monoisotopic (exact) mass is 455 g/mol. The number of nitrogens with one attached hydrogen (secondary N) is 1. The van der Waals surface area contributed by atoms with Crippen molar-refractivity contribution in [1.82, 2.24) is 14.7 Å². The molecule has 0 aliphatic heterocycles. The summed E-state index contributed by atoms with van der Waals surface area (Å²) in [6.07, 6.45) is 0. The van der Waals surface area contributed by atoms with Gasteiger partial charge in [0.1, 0.15) is 11.6 Å². The number of halogens is 2. The quantitative estimate of drug-likeness (QED) is 0.423. The molecule has 0 amide bonds. The van der Waals surface area contributed by atoms with Crippen LogP contribution in [0.25, 0.3) is 33.5 Å². The number of aromatic nitrogens is 2. The van der Waals surface area contributed by atoms with E-state index in [-0.39, 0.29) is 23.9 Å². The molecule has 9 heteroatoms. The molecule has 1 N–H and O–H groups in total. The van der Waals surface area contributed by atoms with E-state index in [0.717, 1.165) is 0 Å². The maximum atomic E-state index is 13.5. The molecule has 0 aliphatic carbocycles. The predicted molar refractivity (Wildman–Crippen MR) is 117 cm³/mol. The number of nitrogens with zero attached hydrogens (tertiary/aromatic N) is 2. The summed E-state index contributed by atoms with van der Waals surface area (Å²) in [6, 6.07) is 16.0. The highest BCUT2D eigenvalue weighted by Crippen LogP contribution is 2.31. The summed E-state index contributed by atoms with van der Waals surface area (Å²) in [5, 5.41) is 0. The van der Waals surface area contributed by atoms with E-state index < -0.39 is 15.8 Å². The Morgan fingerprint density at radius 2 is 1.34 bits per heavy atom. The van der Waals surface area contributed by atoms with Crippen LogP contribution in [0, 0.1) is 11.6 Å². The van der Waals surface area contributed by atoms with E-state index >= 15 is 0 Å². The Morgan fingerprint density at radius 1 is 0.812 bits per heavy atom. The third kappa shape index (κ3) is 4.64. The van der Waals surface area contributed by atoms with Crippen LogP contribution in [0.15, 0.2) is 71.6 Å². The molecule has 0 bridgehead atoms. The van der Waals surface area contributed by atoms with Gasteiger partial charge in [-0.1, -0.05) is 0 Å². The molecular formula is C23H19F2N3O3S. The van der Waals surface area contributed by atoms with E-state index in [1.807, 2.05) is 0 Å². The Kier molecular flexibility index (Phi) is 6.22. The van der Waals surface area contributed by atoms with Gasteiger partial charge in [-0.25, -0.2) is 31.9 Å². The number of sulfonamides is 1. The molecule has 0 unspecified atom stereocenters. The second-order valence-corrected chi connectivity index (χ2v) is 8.74. The molecule has 0 saturated heterocycles. The van der Waals surface area contributed by atoms with Crippen molar-refractivity contribution in [3.63, 3.8) is 0 Å². The van der Waals surface area contributed by atoms with Crippen LogP contribution >= 0.6 is 0 Å². The summed E-state index contributed by atoms with van der Waals surface area (Å²) >= 11 is 0. The first-order valence-corrected chi connectivity index (χ1v) is 11.2. The topological polar surface area (TPSA) is 81.2 Å². The van der Waals surface area contributed by atoms with Gasteiger partial charge in [0.2, 0.25) is 10.0 Å². The molecule has 0 fully saturated rings. The minimum Gasteiger partial charge on any atom is -0.383 e. The number of ether oxygens (including phenoxy) is 1. The van der Waals surface area contributed by atoms with E-state index in [1.165, 1.54) is 43.5 Å². The van der Waals surface area contributed by atoms with Gasteiger partial charge < -0.3 is 4.74 Å². The molecule has 1 heterocycles. The fourth-order valence-electron chi connectivity index (χ4n) is 3.18. The zero-order valence-electron chi connectivity index (χ0n) is 17.0. The van der Waals surface area contributed by atoms with E-state index in [0.29, 0.717) is 33.5 Å². The summed E-state index contributed by atoms with van der Waals surface area (Å²) in [7, 11) is -2.28. The van der Waals surface area contributed by atoms with E-state index in [9.17, 15) is 17.2 Å². The number of hydrogen-bond acceptors (Lipinski definition) is 5. The van der Waals surface area contributed by atoms with Crippen LogP contribution in [0.1, 0.15) is 0 Å². The maximum Gasteiger partial charge on any atom is 0.240 e. The minimum atomic E-state index is -3.76. The molecule has 4 rings (SSSR count). The highest BCUT2D eigenvalue weighted by molar-refractivity contribution is 7.89. The lowest BCUT2D eigenvalue weighted by Gasteiger charge is -2.12. The van der Waals surface area contributed by atoms with E-state index in [4.69, 9.17) is 4.74 Å². The zero-order valence-corrected chi connectivity index (χ0v) is 17.9. The normalized spacial score (nSPS) is 11.7. The first kappa shape index (κ1) is 21.9. The summed E-state index contributed by atoms with van der Waals surface area (Å²) < 4.78 is 59.4. The Hall–Kier alpha value is -3.27. The summed E-state index contributed by atoms with van der Waals surface area (Å²) in [5.74, 6) is -0.789. The van der Waals surface area contributed by atoms with Gasteiger partial charge >= 0.3 is 0 Å². The zero-order chi connectivity index (χ0) is 22.7. The van der Waals surface area contributed by atoms with Crippen molar-refractivity contribution in [2.24, 2.45) is 0 Å². The lowest BCUT2D eigenvalue weighted by molar-refractivity contribution is 0.204. The van der Waals surface area contributed by atoms with Gasteiger partial charge in [0, 0.05) is 24.8 Å². The molecule has 164 valence electrons. The Morgan fingerprint density at radius 3 is 1.88 bits per heavy atom. The fraction of sp³-hybridized carbons (Fsp3) is 0.130. The van der Waals surface area contributed by atoms with Gasteiger partial charge in [0.25, 0.3) is 0 Å². The van der Waals surface area contributed by atoms with Gasteiger partial charge in [-0.05, 0) is 66.7 Å². The van der Waals surface area contributed by atoms with Crippen LogP contribution in [-0.4, -0.2) is 38.6 Å². The Balaban J connectivity index is 1.87. The summed E-state index contributed by atoms with van der Waals surface area (Å²) in [6.45, 7) is 0.370. The third-order valence-electron chi connectivity index (χ3n) is 4.78. The molecule has 0 spiro atoms. The molecule has 0 saturated carbocycles. The molecule has 32 heavy (non-hydrogen) atoms. The molecule has 1 aromatic heterocycles. The largest absolute Gasteiger partial charge is 0.383 e. The van der Waals surface area contributed by atoms with Crippen LogP contribution in [-0.2, 0) is 14.8 Å².